The fourth-order valence-corrected chi connectivity index (χ4v) is 3.76. The summed E-state index contributed by atoms with van der Waals surface area (Å²) in [6, 6.07) is 10.0. The first-order valence-corrected chi connectivity index (χ1v) is 9.62. The SMILES string of the molecule is O=C(Nc1ccc(F)c(C(F)(F)F)c1)NC1C2Oc3ccc(Oc4ccncc4)cc3C12. The number of rotatable bonds is 4. The number of nitrogens with one attached hydrogen (secondary N) is 2. The predicted molar refractivity (Wildman–Crippen MR) is 105 cm³/mol. The first kappa shape index (κ1) is 20.1. The third-order valence-corrected chi connectivity index (χ3v) is 5.27. The van der Waals surface area contributed by atoms with Gasteiger partial charge in [-0.25, -0.2) is 9.18 Å². The molecule has 3 aromatic rings. The second-order valence-corrected chi connectivity index (χ2v) is 7.41. The number of aromatic nitrogens is 1. The van der Waals surface area contributed by atoms with Crippen LogP contribution in [-0.4, -0.2) is 23.2 Å². The topological polar surface area (TPSA) is 72.5 Å². The lowest BCUT2D eigenvalue weighted by Crippen LogP contribution is -2.34. The molecule has 5 rings (SSSR count). The van der Waals surface area contributed by atoms with Crippen molar-refractivity contribution in [2.45, 2.75) is 24.2 Å². The van der Waals surface area contributed by atoms with Gasteiger partial charge in [0.1, 0.15) is 29.2 Å². The van der Waals surface area contributed by atoms with E-state index in [4.69, 9.17) is 9.47 Å². The second kappa shape index (κ2) is 7.40. The van der Waals surface area contributed by atoms with Crippen LogP contribution in [0.25, 0.3) is 0 Å². The minimum atomic E-state index is -4.86. The maximum atomic E-state index is 13.4. The molecule has 2 aromatic carbocycles. The van der Waals surface area contributed by atoms with E-state index in [1.54, 1.807) is 36.7 Å². The summed E-state index contributed by atoms with van der Waals surface area (Å²) in [5.41, 5.74) is -0.748. The molecule has 10 heteroatoms. The molecular weight excluding hydrogens is 430 g/mol. The molecule has 0 saturated heterocycles. The number of anilines is 1. The van der Waals surface area contributed by atoms with Crippen LogP contribution in [0.4, 0.5) is 28.0 Å². The van der Waals surface area contributed by atoms with Crippen LogP contribution in [0.5, 0.6) is 17.2 Å². The monoisotopic (exact) mass is 445 g/mol. The van der Waals surface area contributed by atoms with Crippen molar-refractivity contribution in [1.82, 2.24) is 10.3 Å². The summed E-state index contributed by atoms with van der Waals surface area (Å²) in [5, 5.41) is 5.00. The molecular formula is C22H15F4N3O3. The Morgan fingerprint density at radius 1 is 1.03 bits per heavy atom. The lowest BCUT2D eigenvalue weighted by atomic mass is 10.1. The maximum absolute atomic E-state index is 13.4. The van der Waals surface area contributed by atoms with E-state index in [0.29, 0.717) is 29.4 Å². The number of alkyl halides is 3. The summed E-state index contributed by atoms with van der Waals surface area (Å²) < 4.78 is 63.6. The fraction of sp³-hybridized carbons (Fsp3) is 0.182. The molecule has 3 atom stereocenters. The minimum Gasteiger partial charge on any atom is -0.487 e. The van der Waals surface area contributed by atoms with Gasteiger partial charge in [-0.3, -0.25) is 4.98 Å². The van der Waals surface area contributed by atoms with Gasteiger partial charge in [0.2, 0.25) is 0 Å². The van der Waals surface area contributed by atoms with Crippen molar-refractivity contribution in [3.8, 4) is 17.2 Å². The molecule has 0 spiro atoms. The lowest BCUT2D eigenvalue weighted by Gasteiger charge is -2.14. The van der Waals surface area contributed by atoms with Gasteiger partial charge < -0.3 is 20.1 Å². The molecule has 1 aliphatic carbocycles. The number of urea groups is 1. The van der Waals surface area contributed by atoms with E-state index in [1.165, 1.54) is 0 Å². The Morgan fingerprint density at radius 2 is 1.81 bits per heavy atom. The summed E-state index contributed by atoms with van der Waals surface area (Å²) in [5.74, 6) is 0.401. The number of halogens is 4. The van der Waals surface area contributed by atoms with Crippen LogP contribution in [0.15, 0.2) is 60.9 Å². The molecule has 3 unspecified atom stereocenters. The van der Waals surface area contributed by atoms with Gasteiger partial charge >= 0.3 is 12.2 Å². The Labute approximate surface area is 179 Å². The number of ether oxygens (including phenoxy) is 2. The number of carbonyl (C=O) groups is 1. The average molecular weight is 445 g/mol. The first-order valence-electron chi connectivity index (χ1n) is 9.62. The smallest absolute Gasteiger partial charge is 0.419 e. The van der Waals surface area contributed by atoms with Gasteiger partial charge in [0, 0.05) is 23.6 Å². The molecule has 2 heterocycles. The molecule has 1 aromatic heterocycles. The van der Waals surface area contributed by atoms with Crippen molar-refractivity contribution >= 4 is 11.7 Å². The van der Waals surface area contributed by atoms with Gasteiger partial charge in [-0.05, 0) is 48.5 Å². The van der Waals surface area contributed by atoms with Crippen molar-refractivity contribution in [2.75, 3.05) is 5.32 Å². The number of hydrogen-bond acceptors (Lipinski definition) is 4. The maximum Gasteiger partial charge on any atom is 0.419 e. The number of pyridine rings is 1. The van der Waals surface area contributed by atoms with E-state index in [1.807, 2.05) is 6.07 Å². The standard InChI is InChI=1S/C22H15F4N3O3/c23-16-3-1-11(9-15(16)22(24,25)26)28-21(30)29-19-18-14-10-13(2-4-17(14)32-20(18)19)31-12-5-7-27-8-6-12/h1-10,18-20H,(H2,28,29,30). The molecule has 2 amide bonds. The second-order valence-electron chi connectivity index (χ2n) is 7.41. The highest BCUT2D eigenvalue weighted by Gasteiger charge is 2.59. The van der Waals surface area contributed by atoms with Gasteiger partial charge in [-0.15, -0.1) is 0 Å². The van der Waals surface area contributed by atoms with Crippen LogP contribution in [0, 0.1) is 5.82 Å². The number of fused-ring (bicyclic) bond motifs is 3. The molecule has 2 aliphatic rings. The van der Waals surface area contributed by atoms with Crippen molar-refractivity contribution in [3.63, 3.8) is 0 Å². The lowest BCUT2D eigenvalue weighted by molar-refractivity contribution is -0.139. The summed E-state index contributed by atoms with van der Waals surface area (Å²) >= 11 is 0. The van der Waals surface area contributed by atoms with Crippen molar-refractivity contribution in [2.24, 2.45) is 0 Å². The molecule has 0 radical (unpaired) electrons. The van der Waals surface area contributed by atoms with Gasteiger partial charge in [0.05, 0.1) is 17.5 Å². The number of carbonyl (C=O) groups excluding carboxylic acids is 1. The van der Waals surface area contributed by atoms with Gasteiger partial charge in [-0.2, -0.15) is 13.2 Å². The van der Waals surface area contributed by atoms with Crippen LogP contribution >= 0.6 is 0 Å². The van der Waals surface area contributed by atoms with Gasteiger partial charge in [0.25, 0.3) is 0 Å². The Bertz CT molecular complexity index is 1190. The van der Waals surface area contributed by atoms with E-state index in [-0.39, 0.29) is 23.8 Å². The molecule has 6 nitrogen and oxygen atoms in total. The predicted octanol–water partition coefficient (Wildman–Crippen LogP) is 5.08. The van der Waals surface area contributed by atoms with E-state index in [0.717, 1.165) is 11.6 Å². The molecule has 32 heavy (non-hydrogen) atoms. The highest BCUT2D eigenvalue weighted by Crippen LogP contribution is 2.54. The normalized spacial score (nSPS) is 20.6. The Morgan fingerprint density at radius 3 is 2.56 bits per heavy atom. The molecule has 2 N–H and O–H groups in total. The van der Waals surface area contributed by atoms with Crippen LogP contribution in [0.3, 0.4) is 0 Å². The first-order chi connectivity index (χ1) is 15.3. The third-order valence-electron chi connectivity index (χ3n) is 5.27. The quantitative estimate of drug-likeness (QED) is 0.550. The highest BCUT2D eigenvalue weighted by molar-refractivity contribution is 5.90. The van der Waals surface area contributed by atoms with E-state index in [2.05, 4.69) is 15.6 Å². The number of nitrogens with zero attached hydrogens (tertiary/aromatic N) is 1. The summed E-state index contributed by atoms with van der Waals surface area (Å²) in [6.45, 7) is 0. The van der Waals surface area contributed by atoms with E-state index in [9.17, 15) is 22.4 Å². The minimum absolute atomic E-state index is 0.101. The van der Waals surface area contributed by atoms with E-state index < -0.39 is 23.6 Å². The zero-order valence-electron chi connectivity index (χ0n) is 16.2. The zero-order valence-corrected chi connectivity index (χ0v) is 16.2. The summed E-state index contributed by atoms with van der Waals surface area (Å²) in [4.78, 5) is 16.2. The fourth-order valence-electron chi connectivity index (χ4n) is 3.76. The Kier molecular flexibility index (Phi) is 4.65. The molecule has 1 aliphatic heterocycles. The number of hydrogen-bond donors (Lipinski definition) is 2. The van der Waals surface area contributed by atoms with Crippen LogP contribution < -0.4 is 20.1 Å². The summed E-state index contributed by atoms with van der Waals surface area (Å²) in [6.07, 6.45) is -1.91. The Hall–Kier alpha value is -3.82. The summed E-state index contributed by atoms with van der Waals surface area (Å²) in [7, 11) is 0. The molecule has 1 saturated carbocycles. The van der Waals surface area contributed by atoms with Crippen molar-refractivity contribution < 1.29 is 31.8 Å². The van der Waals surface area contributed by atoms with Crippen molar-refractivity contribution in [3.05, 3.63) is 77.9 Å². The highest BCUT2D eigenvalue weighted by atomic mass is 19.4. The van der Waals surface area contributed by atoms with E-state index >= 15 is 0 Å². The van der Waals surface area contributed by atoms with Crippen LogP contribution in [-0.2, 0) is 6.18 Å². The molecule has 1 fully saturated rings. The average Bonchev–Trinajstić information content (AvgIpc) is 3.26. The van der Waals surface area contributed by atoms with Crippen LogP contribution in [0.1, 0.15) is 17.0 Å². The van der Waals surface area contributed by atoms with Crippen molar-refractivity contribution in [1.29, 1.82) is 0 Å². The van der Waals surface area contributed by atoms with Gasteiger partial charge in [0.15, 0.2) is 0 Å². The third kappa shape index (κ3) is 3.79. The Balaban J connectivity index is 1.24. The van der Waals surface area contributed by atoms with Gasteiger partial charge in [-0.1, -0.05) is 0 Å². The molecule has 164 valence electrons. The number of benzene rings is 2. The zero-order chi connectivity index (χ0) is 22.5. The molecule has 0 bridgehead atoms. The van der Waals surface area contributed by atoms with Crippen LogP contribution in [0.2, 0.25) is 0 Å². The number of amides is 2. The largest absolute Gasteiger partial charge is 0.487 e.